The fraction of sp³-hybridized carbons (Fsp3) is 0.846. The fourth-order valence-electron chi connectivity index (χ4n) is 1.64. The van der Waals surface area contributed by atoms with Crippen LogP contribution in [0.1, 0.15) is 65.2 Å². The number of rotatable bonds is 10. The molecule has 0 fully saturated rings. The first kappa shape index (κ1) is 15.3. The second-order valence-corrected chi connectivity index (χ2v) is 4.46. The largest absolute Gasteiger partial charge is 0.401 e. The maximum Gasteiger partial charge on any atom is 0.0342 e. The van der Waals surface area contributed by atoms with Gasteiger partial charge >= 0.3 is 0 Å². The highest BCUT2D eigenvalue weighted by molar-refractivity contribution is 4.94. The quantitative estimate of drug-likeness (QED) is 0.342. The summed E-state index contributed by atoms with van der Waals surface area (Å²) in [5.74, 6) is 5.84. The van der Waals surface area contributed by atoms with E-state index in [4.69, 9.17) is 11.6 Å². The molecule has 0 saturated carbocycles. The van der Waals surface area contributed by atoms with Gasteiger partial charge in [-0.05, 0) is 19.3 Å². The van der Waals surface area contributed by atoms with Crippen LogP contribution in [0.5, 0.6) is 0 Å². The van der Waals surface area contributed by atoms with E-state index in [0.717, 1.165) is 25.1 Å². The zero-order valence-electron chi connectivity index (χ0n) is 11.0. The van der Waals surface area contributed by atoms with Crippen molar-refractivity contribution in [3.8, 4) is 0 Å². The molecule has 0 aromatic heterocycles. The van der Waals surface area contributed by atoms with Gasteiger partial charge in [0.1, 0.15) is 0 Å². The highest BCUT2D eigenvalue weighted by Gasteiger charge is 1.96. The molecule has 3 nitrogen and oxygen atoms in total. The van der Waals surface area contributed by atoms with E-state index < -0.39 is 0 Å². The SMILES string of the molecule is CCCCCCN(N)/C=C(\N)CCCCC. The van der Waals surface area contributed by atoms with Crippen LogP contribution in [-0.4, -0.2) is 11.6 Å². The van der Waals surface area contributed by atoms with Crippen LogP contribution in [0, 0.1) is 0 Å². The van der Waals surface area contributed by atoms with Crippen molar-refractivity contribution in [3.05, 3.63) is 11.9 Å². The van der Waals surface area contributed by atoms with Gasteiger partial charge in [-0.15, -0.1) is 0 Å². The predicted molar refractivity (Wildman–Crippen MR) is 71.4 cm³/mol. The van der Waals surface area contributed by atoms with E-state index in [9.17, 15) is 0 Å². The minimum absolute atomic E-state index is 0.909. The number of hydrogen-bond donors (Lipinski definition) is 2. The van der Waals surface area contributed by atoms with Crippen molar-refractivity contribution in [1.82, 2.24) is 5.01 Å². The van der Waals surface area contributed by atoms with Gasteiger partial charge in [0.25, 0.3) is 0 Å². The molecule has 0 aromatic rings. The van der Waals surface area contributed by atoms with Crippen molar-refractivity contribution in [2.75, 3.05) is 6.54 Å². The molecule has 0 saturated heterocycles. The number of nitrogens with zero attached hydrogens (tertiary/aromatic N) is 1. The first-order valence-electron chi connectivity index (χ1n) is 6.68. The van der Waals surface area contributed by atoms with E-state index >= 15 is 0 Å². The molecule has 0 aliphatic heterocycles. The minimum Gasteiger partial charge on any atom is -0.401 e. The topological polar surface area (TPSA) is 55.3 Å². The average Bonchev–Trinajstić information content (AvgIpc) is 2.25. The molecular formula is C13H29N3. The summed E-state index contributed by atoms with van der Waals surface area (Å²) in [6.07, 6.45) is 11.5. The first-order valence-corrected chi connectivity index (χ1v) is 6.68. The van der Waals surface area contributed by atoms with Crippen molar-refractivity contribution in [2.24, 2.45) is 11.6 Å². The molecule has 0 aliphatic carbocycles. The molecule has 0 amide bonds. The highest BCUT2D eigenvalue weighted by atomic mass is 15.4. The minimum atomic E-state index is 0.909. The van der Waals surface area contributed by atoms with Crippen molar-refractivity contribution in [3.63, 3.8) is 0 Å². The summed E-state index contributed by atoms with van der Waals surface area (Å²) >= 11 is 0. The summed E-state index contributed by atoms with van der Waals surface area (Å²) in [6, 6.07) is 0. The summed E-state index contributed by atoms with van der Waals surface area (Å²) < 4.78 is 0. The second-order valence-electron chi connectivity index (χ2n) is 4.46. The van der Waals surface area contributed by atoms with E-state index in [2.05, 4.69) is 13.8 Å². The second kappa shape index (κ2) is 10.8. The van der Waals surface area contributed by atoms with Gasteiger partial charge in [0.2, 0.25) is 0 Å². The first-order chi connectivity index (χ1) is 7.70. The molecule has 0 bridgehead atoms. The number of hydrogen-bond acceptors (Lipinski definition) is 3. The third-order valence-corrected chi connectivity index (χ3v) is 2.67. The monoisotopic (exact) mass is 227 g/mol. The number of nitrogens with two attached hydrogens (primary N) is 2. The van der Waals surface area contributed by atoms with Crippen molar-refractivity contribution in [2.45, 2.75) is 65.2 Å². The lowest BCUT2D eigenvalue weighted by Crippen LogP contribution is -2.27. The van der Waals surface area contributed by atoms with Crippen molar-refractivity contribution < 1.29 is 0 Å². The Labute approximate surface area is 101 Å². The maximum absolute atomic E-state index is 5.89. The van der Waals surface area contributed by atoms with Gasteiger partial charge in [0.05, 0.1) is 0 Å². The van der Waals surface area contributed by atoms with Gasteiger partial charge in [0, 0.05) is 18.4 Å². The van der Waals surface area contributed by atoms with Gasteiger partial charge in [0.15, 0.2) is 0 Å². The Kier molecular flexibility index (Phi) is 10.3. The molecular weight excluding hydrogens is 198 g/mol. The summed E-state index contributed by atoms with van der Waals surface area (Å²) in [4.78, 5) is 0. The molecule has 0 spiro atoms. The van der Waals surface area contributed by atoms with E-state index in [0.29, 0.717) is 0 Å². The Hall–Kier alpha value is -0.700. The average molecular weight is 227 g/mol. The van der Waals surface area contributed by atoms with E-state index in [1.165, 1.54) is 38.5 Å². The van der Waals surface area contributed by atoms with Crippen LogP contribution in [0.3, 0.4) is 0 Å². The van der Waals surface area contributed by atoms with Crippen molar-refractivity contribution in [1.29, 1.82) is 0 Å². The van der Waals surface area contributed by atoms with Crippen LogP contribution in [-0.2, 0) is 0 Å². The molecule has 0 rings (SSSR count). The summed E-state index contributed by atoms with van der Waals surface area (Å²) in [5, 5.41) is 1.73. The highest BCUT2D eigenvalue weighted by Crippen LogP contribution is 2.05. The molecule has 0 aliphatic rings. The van der Waals surface area contributed by atoms with Gasteiger partial charge in [-0.1, -0.05) is 46.0 Å². The van der Waals surface area contributed by atoms with Crippen molar-refractivity contribution >= 4 is 0 Å². The maximum atomic E-state index is 5.89. The zero-order chi connectivity index (χ0) is 12.2. The number of unbranched alkanes of at least 4 members (excludes halogenated alkanes) is 5. The Morgan fingerprint density at radius 1 is 1.00 bits per heavy atom. The summed E-state index contributed by atoms with van der Waals surface area (Å²) in [7, 11) is 0. The van der Waals surface area contributed by atoms with Crippen LogP contribution in [0.25, 0.3) is 0 Å². The van der Waals surface area contributed by atoms with Crippen LogP contribution >= 0.6 is 0 Å². The molecule has 0 unspecified atom stereocenters. The molecule has 0 atom stereocenters. The zero-order valence-corrected chi connectivity index (χ0v) is 11.0. The summed E-state index contributed by atoms with van der Waals surface area (Å²) in [6.45, 7) is 5.32. The Balaban J connectivity index is 3.56. The Bertz CT molecular complexity index is 178. The fourth-order valence-corrected chi connectivity index (χ4v) is 1.64. The van der Waals surface area contributed by atoms with E-state index in [1.807, 2.05) is 6.20 Å². The Morgan fingerprint density at radius 2 is 1.62 bits per heavy atom. The molecule has 3 heteroatoms. The van der Waals surface area contributed by atoms with E-state index in [-0.39, 0.29) is 0 Å². The smallest absolute Gasteiger partial charge is 0.0342 e. The van der Waals surface area contributed by atoms with Crippen LogP contribution in [0.4, 0.5) is 0 Å². The predicted octanol–water partition coefficient (Wildman–Crippen LogP) is 3.12. The summed E-state index contributed by atoms with van der Waals surface area (Å²) in [5.41, 5.74) is 6.79. The van der Waals surface area contributed by atoms with Crippen LogP contribution < -0.4 is 11.6 Å². The lowest BCUT2D eigenvalue weighted by Gasteiger charge is -2.14. The Morgan fingerprint density at radius 3 is 2.25 bits per heavy atom. The molecule has 16 heavy (non-hydrogen) atoms. The molecule has 0 aromatic carbocycles. The van der Waals surface area contributed by atoms with Gasteiger partial charge in [-0.25, -0.2) is 5.84 Å². The standard InChI is InChI=1S/C13H29N3/c1-3-5-7-9-11-16(15)12-13(14)10-8-6-4-2/h12H,3-11,14-15H2,1-2H3/b13-12-. The van der Waals surface area contributed by atoms with E-state index in [1.54, 1.807) is 5.01 Å². The normalized spacial score (nSPS) is 11.8. The molecule has 0 radical (unpaired) electrons. The van der Waals surface area contributed by atoms with Crippen LogP contribution in [0.15, 0.2) is 11.9 Å². The molecule has 0 heterocycles. The lowest BCUT2D eigenvalue weighted by atomic mass is 10.2. The third kappa shape index (κ3) is 9.84. The molecule has 4 N–H and O–H groups in total. The lowest BCUT2D eigenvalue weighted by molar-refractivity contribution is 0.373. The third-order valence-electron chi connectivity index (χ3n) is 2.67. The number of hydrazine groups is 1. The van der Waals surface area contributed by atoms with Gasteiger partial charge < -0.3 is 10.7 Å². The van der Waals surface area contributed by atoms with Gasteiger partial charge in [-0.2, -0.15) is 0 Å². The van der Waals surface area contributed by atoms with Crippen LogP contribution in [0.2, 0.25) is 0 Å². The molecule has 96 valence electrons. The number of allylic oxidation sites excluding steroid dienone is 1. The van der Waals surface area contributed by atoms with Gasteiger partial charge in [-0.3, -0.25) is 0 Å².